The Morgan fingerprint density at radius 3 is 2.54 bits per heavy atom. The van der Waals surface area contributed by atoms with E-state index >= 15 is 0 Å². The highest BCUT2D eigenvalue weighted by Crippen LogP contribution is 2.23. The second-order valence-corrected chi connectivity index (χ2v) is 6.36. The molecule has 2 aromatic rings. The lowest BCUT2D eigenvalue weighted by Gasteiger charge is -2.17. The van der Waals surface area contributed by atoms with E-state index in [9.17, 15) is 9.59 Å². The van der Waals surface area contributed by atoms with Crippen LogP contribution in [-0.4, -0.2) is 24.5 Å². The zero-order valence-electron chi connectivity index (χ0n) is 12.6. The molecule has 2 aromatic carbocycles. The molecule has 24 heavy (non-hydrogen) atoms. The molecule has 1 fully saturated rings. The molecule has 0 saturated carbocycles. The molecule has 7 heteroatoms. The lowest BCUT2D eigenvalue weighted by atomic mass is 10.2. The number of hydrogen-bond acceptors (Lipinski definition) is 2. The van der Waals surface area contributed by atoms with Gasteiger partial charge in [0.25, 0.3) is 0 Å². The maximum absolute atomic E-state index is 12.2. The Morgan fingerprint density at radius 1 is 1.08 bits per heavy atom. The molecule has 5 nitrogen and oxygen atoms in total. The second kappa shape index (κ2) is 7.11. The highest BCUT2D eigenvalue weighted by Gasteiger charge is 2.31. The number of anilines is 2. The van der Waals surface area contributed by atoms with Gasteiger partial charge in [0.2, 0.25) is 5.91 Å². The number of amides is 3. The summed E-state index contributed by atoms with van der Waals surface area (Å²) in [6.07, 6.45) is 0.256. The van der Waals surface area contributed by atoms with Crippen LogP contribution in [0.1, 0.15) is 6.42 Å². The first kappa shape index (κ1) is 16.6. The van der Waals surface area contributed by atoms with Gasteiger partial charge in [-0.25, -0.2) is 4.79 Å². The highest BCUT2D eigenvalue weighted by molar-refractivity contribution is 6.31. The van der Waals surface area contributed by atoms with Crippen molar-refractivity contribution in [1.82, 2.24) is 5.32 Å². The van der Waals surface area contributed by atoms with E-state index in [1.54, 1.807) is 53.4 Å². The van der Waals surface area contributed by atoms with Gasteiger partial charge in [-0.3, -0.25) is 4.79 Å². The van der Waals surface area contributed by atoms with Crippen LogP contribution >= 0.6 is 23.2 Å². The average molecular weight is 364 g/mol. The molecule has 1 aliphatic heterocycles. The van der Waals surface area contributed by atoms with Crippen molar-refractivity contribution in [3.8, 4) is 0 Å². The highest BCUT2D eigenvalue weighted by atomic mass is 35.5. The molecule has 1 heterocycles. The van der Waals surface area contributed by atoms with E-state index in [2.05, 4.69) is 10.6 Å². The molecule has 1 atom stereocenters. The number of nitrogens with zero attached hydrogens (tertiary/aromatic N) is 1. The van der Waals surface area contributed by atoms with Crippen molar-refractivity contribution in [2.24, 2.45) is 0 Å². The standard InChI is InChI=1S/C17H15Cl2N3O2/c18-11-4-6-15(7-5-11)22-10-14(9-16(22)23)21-17(24)20-13-3-1-2-12(19)8-13/h1-8,14H,9-10H2,(H2,20,21,24)/t14-/m0/s1. The molecule has 3 amide bonds. The zero-order chi connectivity index (χ0) is 17.1. The van der Waals surface area contributed by atoms with Crippen molar-refractivity contribution >= 4 is 46.5 Å². The Labute approximate surface area is 149 Å². The van der Waals surface area contributed by atoms with Crippen molar-refractivity contribution in [3.05, 3.63) is 58.6 Å². The van der Waals surface area contributed by atoms with E-state index in [1.165, 1.54) is 0 Å². The third kappa shape index (κ3) is 3.99. The fraction of sp³-hybridized carbons (Fsp3) is 0.176. The molecular weight excluding hydrogens is 349 g/mol. The minimum absolute atomic E-state index is 0.0367. The molecule has 2 N–H and O–H groups in total. The van der Waals surface area contributed by atoms with Gasteiger partial charge in [0, 0.05) is 34.4 Å². The summed E-state index contributed by atoms with van der Waals surface area (Å²) in [5.41, 5.74) is 1.36. The molecule has 0 radical (unpaired) electrons. The van der Waals surface area contributed by atoms with Gasteiger partial charge in [0.15, 0.2) is 0 Å². The minimum Gasteiger partial charge on any atom is -0.333 e. The van der Waals surface area contributed by atoms with Crippen LogP contribution in [0.5, 0.6) is 0 Å². The van der Waals surface area contributed by atoms with Gasteiger partial charge in [-0.2, -0.15) is 0 Å². The lowest BCUT2D eigenvalue weighted by molar-refractivity contribution is -0.117. The Balaban J connectivity index is 1.59. The van der Waals surface area contributed by atoms with E-state index in [1.807, 2.05) is 0 Å². The first-order chi connectivity index (χ1) is 11.5. The van der Waals surface area contributed by atoms with E-state index in [0.29, 0.717) is 22.3 Å². The minimum atomic E-state index is -0.368. The van der Waals surface area contributed by atoms with Gasteiger partial charge in [-0.15, -0.1) is 0 Å². The van der Waals surface area contributed by atoms with Crippen LogP contribution in [0.3, 0.4) is 0 Å². The zero-order valence-corrected chi connectivity index (χ0v) is 14.1. The third-order valence-corrected chi connectivity index (χ3v) is 4.17. The van der Waals surface area contributed by atoms with Crippen LogP contribution in [0.4, 0.5) is 16.2 Å². The van der Waals surface area contributed by atoms with Crippen molar-refractivity contribution in [1.29, 1.82) is 0 Å². The predicted octanol–water partition coefficient (Wildman–Crippen LogP) is 3.92. The molecule has 0 aromatic heterocycles. The fourth-order valence-corrected chi connectivity index (χ4v) is 2.91. The van der Waals surface area contributed by atoms with Gasteiger partial charge in [0.1, 0.15) is 0 Å². The predicted molar refractivity (Wildman–Crippen MR) is 95.8 cm³/mol. The lowest BCUT2D eigenvalue weighted by Crippen LogP contribution is -2.39. The van der Waals surface area contributed by atoms with Gasteiger partial charge >= 0.3 is 6.03 Å². The summed E-state index contributed by atoms with van der Waals surface area (Å²) in [4.78, 5) is 25.9. The number of rotatable bonds is 3. The summed E-state index contributed by atoms with van der Waals surface area (Å²) in [6.45, 7) is 0.420. The second-order valence-electron chi connectivity index (χ2n) is 5.49. The summed E-state index contributed by atoms with van der Waals surface area (Å²) < 4.78 is 0. The van der Waals surface area contributed by atoms with Crippen LogP contribution in [0, 0.1) is 0 Å². The first-order valence-electron chi connectivity index (χ1n) is 7.40. The van der Waals surface area contributed by atoms with E-state index in [-0.39, 0.29) is 24.4 Å². The quantitative estimate of drug-likeness (QED) is 0.867. The van der Waals surface area contributed by atoms with Gasteiger partial charge in [0.05, 0.1) is 6.04 Å². The van der Waals surface area contributed by atoms with Crippen LogP contribution < -0.4 is 15.5 Å². The molecule has 0 aliphatic carbocycles. The monoisotopic (exact) mass is 363 g/mol. The Bertz CT molecular complexity index is 765. The van der Waals surface area contributed by atoms with Crippen molar-refractivity contribution in [2.75, 3.05) is 16.8 Å². The number of carbonyl (C=O) groups is 2. The Hall–Kier alpha value is -2.24. The molecule has 1 saturated heterocycles. The SMILES string of the molecule is O=C(Nc1cccc(Cl)c1)N[C@H]1CC(=O)N(c2ccc(Cl)cc2)C1. The third-order valence-electron chi connectivity index (χ3n) is 3.68. The van der Waals surface area contributed by atoms with Gasteiger partial charge < -0.3 is 15.5 Å². The number of halogens is 2. The topological polar surface area (TPSA) is 61.4 Å². The van der Waals surface area contributed by atoms with Crippen molar-refractivity contribution in [2.45, 2.75) is 12.5 Å². The van der Waals surface area contributed by atoms with Crippen molar-refractivity contribution in [3.63, 3.8) is 0 Å². The normalized spacial score (nSPS) is 17.0. The Kier molecular flexibility index (Phi) is 4.92. The maximum Gasteiger partial charge on any atom is 0.319 e. The molecule has 0 unspecified atom stereocenters. The van der Waals surface area contributed by atoms with Crippen LogP contribution in [0.25, 0.3) is 0 Å². The fourth-order valence-electron chi connectivity index (χ4n) is 2.59. The first-order valence-corrected chi connectivity index (χ1v) is 8.16. The molecule has 0 bridgehead atoms. The van der Waals surface area contributed by atoms with E-state index < -0.39 is 0 Å². The van der Waals surface area contributed by atoms with E-state index in [0.717, 1.165) is 5.69 Å². The number of benzene rings is 2. The summed E-state index contributed by atoms with van der Waals surface area (Å²) in [6, 6.07) is 13.3. The van der Waals surface area contributed by atoms with Crippen LogP contribution in [0.2, 0.25) is 10.0 Å². The molecular formula is C17H15Cl2N3O2. The number of urea groups is 1. The average Bonchev–Trinajstić information content (AvgIpc) is 2.88. The van der Waals surface area contributed by atoms with Gasteiger partial charge in [-0.1, -0.05) is 29.3 Å². The number of hydrogen-bond donors (Lipinski definition) is 2. The largest absolute Gasteiger partial charge is 0.333 e. The summed E-state index contributed by atoms with van der Waals surface area (Å²) in [7, 11) is 0. The smallest absolute Gasteiger partial charge is 0.319 e. The van der Waals surface area contributed by atoms with Crippen LogP contribution in [0.15, 0.2) is 48.5 Å². The Morgan fingerprint density at radius 2 is 1.83 bits per heavy atom. The number of nitrogens with one attached hydrogen (secondary N) is 2. The molecule has 1 aliphatic rings. The number of carbonyl (C=O) groups excluding carboxylic acids is 2. The van der Waals surface area contributed by atoms with Crippen molar-refractivity contribution < 1.29 is 9.59 Å². The molecule has 3 rings (SSSR count). The summed E-state index contributed by atoms with van der Waals surface area (Å²) in [5, 5.41) is 6.66. The maximum atomic E-state index is 12.2. The summed E-state index contributed by atoms with van der Waals surface area (Å²) in [5.74, 6) is -0.0367. The molecule has 0 spiro atoms. The molecule has 124 valence electrons. The summed E-state index contributed by atoms with van der Waals surface area (Å²) >= 11 is 11.7. The van der Waals surface area contributed by atoms with Gasteiger partial charge in [-0.05, 0) is 42.5 Å². The van der Waals surface area contributed by atoms with Crippen LogP contribution in [-0.2, 0) is 4.79 Å². The van der Waals surface area contributed by atoms with E-state index in [4.69, 9.17) is 23.2 Å².